The van der Waals surface area contributed by atoms with E-state index in [1.165, 1.54) is 6.08 Å². The van der Waals surface area contributed by atoms with Gasteiger partial charge in [-0.15, -0.1) is 6.58 Å². The van der Waals surface area contributed by atoms with Gasteiger partial charge in [0.1, 0.15) is 12.6 Å². The lowest BCUT2D eigenvalue weighted by Crippen LogP contribution is -2.39. The van der Waals surface area contributed by atoms with E-state index in [2.05, 4.69) is 11.9 Å². The number of aliphatic carboxylic acids is 1. The number of hydrogen-bond donors (Lipinski definition) is 2. The van der Waals surface area contributed by atoms with E-state index in [-0.39, 0.29) is 13.2 Å². The molecule has 0 saturated carbocycles. The molecule has 0 aliphatic rings. The van der Waals surface area contributed by atoms with Gasteiger partial charge in [-0.05, 0) is 5.56 Å². The first kappa shape index (κ1) is 13.9. The molecule has 1 rings (SSSR count). The Hall–Kier alpha value is -2.14. The number of carboxylic acid groups (broad SMARTS) is 1. The van der Waals surface area contributed by atoms with Gasteiger partial charge in [0.05, 0.1) is 6.54 Å². The first-order valence-corrected chi connectivity index (χ1v) is 5.41. The van der Waals surface area contributed by atoms with Crippen molar-refractivity contribution in [3.63, 3.8) is 0 Å². The number of nitrogens with one attached hydrogen (secondary N) is 1. The summed E-state index contributed by atoms with van der Waals surface area (Å²) >= 11 is 0. The van der Waals surface area contributed by atoms with Gasteiger partial charge in [-0.3, -0.25) is 10.1 Å². The molecule has 0 amide bonds. The second-order valence-corrected chi connectivity index (χ2v) is 3.58. The normalized spacial score (nSPS) is 11.6. The lowest BCUT2D eigenvalue weighted by Gasteiger charge is -2.12. The van der Waals surface area contributed by atoms with Crippen molar-refractivity contribution >= 4 is 11.9 Å². The van der Waals surface area contributed by atoms with Crippen molar-refractivity contribution in [2.45, 2.75) is 12.6 Å². The molecule has 0 aliphatic heterocycles. The van der Waals surface area contributed by atoms with Crippen LogP contribution in [0.1, 0.15) is 5.56 Å². The maximum atomic E-state index is 11.6. The number of rotatable bonds is 7. The van der Waals surface area contributed by atoms with Crippen molar-refractivity contribution < 1.29 is 19.4 Å². The maximum Gasteiger partial charge on any atom is 0.327 e. The predicted octanol–water partition coefficient (Wildman–Crippen LogP) is 0.959. The Balaban J connectivity index is 2.43. The quantitative estimate of drug-likeness (QED) is 0.556. The number of carboxylic acids is 1. The van der Waals surface area contributed by atoms with Crippen molar-refractivity contribution in [2.24, 2.45) is 0 Å². The van der Waals surface area contributed by atoms with E-state index in [1.54, 1.807) is 0 Å². The number of ether oxygens (including phenoxy) is 1. The lowest BCUT2D eigenvalue weighted by atomic mass is 10.2. The van der Waals surface area contributed by atoms with Crippen molar-refractivity contribution in [2.75, 3.05) is 6.54 Å². The summed E-state index contributed by atoms with van der Waals surface area (Å²) in [7, 11) is 0. The van der Waals surface area contributed by atoms with Crippen LogP contribution in [0.5, 0.6) is 0 Å². The monoisotopic (exact) mass is 249 g/mol. The zero-order valence-electron chi connectivity index (χ0n) is 9.83. The van der Waals surface area contributed by atoms with E-state index in [0.29, 0.717) is 0 Å². The highest BCUT2D eigenvalue weighted by Gasteiger charge is 2.16. The molecule has 96 valence electrons. The maximum absolute atomic E-state index is 11.6. The molecular formula is C13H15NO4. The highest BCUT2D eigenvalue weighted by molar-refractivity contribution is 5.79. The van der Waals surface area contributed by atoms with Crippen LogP contribution in [0.4, 0.5) is 0 Å². The predicted molar refractivity (Wildman–Crippen MR) is 65.9 cm³/mol. The summed E-state index contributed by atoms with van der Waals surface area (Å²) in [5.74, 6) is -1.59. The molecule has 0 heterocycles. The van der Waals surface area contributed by atoms with Crippen LogP contribution in [-0.4, -0.2) is 29.6 Å². The minimum absolute atomic E-state index is 0.152. The average Bonchev–Trinajstić information content (AvgIpc) is 2.38. The fourth-order valence-electron chi connectivity index (χ4n) is 1.28. The molecule has 1 unspecified atom stereocenters. The molecule has 0 bridgehead atoms. The number of esters is 1. The van der Waals surface area contributed by atoms with Gasteiger partial charge in [0.25, 0.3) is 0 Å². The summed E-state index contributed by atoms with van der Waals surface area (Å²) in [6.07, 6.45) is 1.32. The molecule has 18 heavy (non-hydrogen) atoms. The molecule has 5 heteroatoms. The minimum atomic E-state index is -1.04. The third kappa shape index (κ3) is 4.80. The third-order valence-corrected chi connectivity index (χ3v) is 2.19. The SMILES string of the molecule is C=CC(NCC(=O)O)C(=O)OCc1ccccc1. The molecule has 0 spiro atoms. The molecule has 0 radical (unpaired) electrons. The molecule has 5 nitrogen and oxygen atoms in total. The fraction of sp³-hybridized carbons (Fsp3) is 0.231. The third-order valence-electron chi connectivity index (χ3n) is 2.19. The molecule has 1 aromatic carbocycles. The Labute approximate surface area is 105 Å². The summed E-state index contributed by atoms with van der Waals surface area (Å²) < 4.78 is 5.05. The Morgan fingerprint density at radius 1 is 1.39 bits per heavy atom. The molecule has 1 atom stereocenters. The first-order chi connectivity index (χ1) is 8.63. The van der Waals surface area contributed by atoms with Gasteiger partial charge in [0, 0.05) is 0 Å². The molecule has 2 N–H and O–H groups in total. The highest BCUT2D eigenvalue weighted by atomic mass is 16.5. The summed E-state index contributed by atoms with van der Waals surface area (Å²) in [6.45, 7) is 3.29. The fourth-order valence-corrected chi connectivity index (χ4v) is 1.28. The van der Waals surface area contributed by atoms with Crippen LogP contribution in [0, 0.1) is 0 Å². The van der Waals surface area contributed by atoms with Crippen molar-refractivity contribution in [3.05, 3.63) is 48.6 Å². The summed E-state index contributed by atoms with van der Waals surface area (Å²) in [5, 5.41) is 11.0. The lowest BCUT2D eigenvalue weighted by molar-refractivity contribution is -0.146. The minimum Gasteiger partial charge on any atom is -0.480 e. The van der Waals surface area contributed by atoms with E-state index in [9.17, 15) is 9.59 Å². The van der Waals surface area contributed by atoms with Crippen LogP contribution in [0.25, 0.3) is 0 Å². The zero-order chi connectivity index (χ0) is 13.4. The molecule has 0 fully saturated rings. The van der Waals surface area contributed by atoms with Crippen molar-refractivity contribution in [1.82, 2.24) is 5.32 Å². The topological polar surface area (TPSA) is 75.6 Å². The van der Waals surface area contributed by atoms with Gasteiger partial charge in [-0.2, -0.15) is 0 Å². The largest absolute Gasteiger partial charge is 0.480 e. The van der Waals surface area contributed by atoms with E-state index in [1.807, 2.05) is 30.3 Å². The van der Waals surface area contributed by atoms with Crippen molar-refractivity contribution in [3.8, 4) is 0 Å². The molecule has 0 aliphatic carbocycles. The number of carbonyl (C=O) groups excluding carboxylic acids is 1. The van der Waals surface area contributed by atoms with E-state index in [0.717, 1.165) is 5.56 Å². The number of hydrogen-bond acceptors (Lipinski definition) is 4. The van der Waals surface area contributed by atoms with Crippen LogP contribution in [0.3, 0.4) is 0 Å². The van der Waals surface area contributed by atoms with Gasteiger partial charge in [-0.25, -0.2) is 4.79 Å². The van der Waals surface area contributed by atoms with E-state index >= 15 is 0 Å². The first-order valence-electron chi connectivity index (χ1n) is 5.41. The average molecular weight is 249 g/mol. The molecular weight excluding hydrogens is 234 g/mol. The van der Waals surface area contributed by atoms with Gasteiger partial charge in [-0.1, -0.05) is 36.4 Å². The van der Waals surface area contributed by atoms with E-state index < -0.39 is 18.0 Å². The summed E-state index contributed by atoms with van der Waals surface area (Å²) in [5.41, 5.74) is 0.867. The van der Waals surface area contributed by atoms with Gasteiger partial charge >= 0.3 is 11.9 Å². The van der Waals surface area contributed by atoms with E-state index in [4.69, 9.17) is 9.84 Å². The van der Waals surface area contributed by atoms with Crippen LogP contribution >= 0.6 is 0 Å². The Morgan fingerprint density at radius 3 is 2.61 bits per heavy atom. The second kappa shape index (κ2) is 7.24. The van der Waals surface area contributed by atoms with Crippen LogP contribution in [0.2, 0.25) is 0 Å². The van der Waals surface area contributed by atoms with Crippen LogP contribution in [0.15, 0.2) is 43.0 Å². The van der Waals surface area contributed by atoms with Gasteiger partial charge in [0.2, 0.25) is 0 Å². The highest BCUT2D eigenvalue weighted by Crippen LogP contribution is 2.02. The Bertz CT molecular complexity index is 416. The number of benzene rings is 1. The second-order valence-electron chi connectivity index (χ2n) is 3.58. The standard InChI is InChI=1S/C13H15NO4/c1-2-11(14-8-12(15)16)13(17)18-9-10-6-4-3-5-7-10/h2-7,11,14H,1,8-9H2,(H,15,16). The summed E-state index contributed by atoms with van der Waals surface area (Å²) in [4.78, 5) is 22.0. The Kier molecular flexibility index (Phi) is 5.60. The molecule has 1 aromatic rings. The molecule has 0 saturated heterocycles. The van der Waals surface area contributed by atoms with Gasteiger partial charge in [0.15, 0.2) is 0 Å². The van der Waals surface area contributed by atoms with Crippen molar-refractivity contribution in [1.29, 1.82) is 0 Å². The van der Waals surface area contributed by atoms with Crippen LogP contribution < -0.4 is 5.32 Å². The Morgan fingerprint density at radius 2 is 2.06 bits per heavy atom. The molecule has 0 aromatic heterocycles. The van der Waals surface area contributed by atoms with Gasteiger partial charge < -0.3 is 9.84 Å². The zero-order valence-corrected chi connectivity index (χ0v) is 9.83. The number of carbonyl (C=O) groups is 2. The van der Waals surface area contributed by atoms with Crippen LogP contribution in [-0.2, 0) is 20.9 Å². The smallest absolute Gasteiger partial charge is 0.327 e. The summed E-state index contributed by atoms with van der Waals surface area (Å²) in [6, 6.07) is 8.41.